The van der Waals surface area contributed by atoms with E-state index in [0.717, 1.165) is 68.4 Å². The van der Waals surface area contributed by atoms with Crippen LogP contribution in [0.3, 0.4) is 0 Å². The van der Waals surface area contributed by atoms with E-state index < -0.39 is 0 Å². The standard InChI is InChI=1S/C19H25N3O3S/c26-18(22-7-3-19(4-8-22)24-13-14-25-19)17(16-1-5-20-6-2-16)15-21-9-11-23-12-10-21/h1-2,5-6,15H,3-4,7-14H2. The Labute approximate surface area is 159 Å². The van der Waals surface area contributed by atoms with Gasteiger partial charge in [-0.3, -0.25) is 4.98 Å². The number of piperidine rings is 1. The first-order chi connectivity index (χ1) is 12.8. The van der Waals surface area contributed by atoms with Crippen LogP contribution in [-0.2, 0) is 14.2 Å². The second-order valence-electron chi connectivity index (χ2n) is 6.83. The summed E-state index contributed by atoms with van der Waals surface area (Å²) in [6, 6.07) is 4.04. The molecule has 1 aromatic heterocycles. The summed E-state index contributed by atoms with van der Waals surface area (Å²) < 4.78 is 17.1. The van der Waals surface area contributed by atoms with Crippen LogP contribution >= 0.6 is 12.2 Å². The summed E-state index contributed by atoms with van der Waals surface area (Å²) in [6.45, 7) is 6.40. The Morgan fingerprint density at radius 3 is 2.31 bits per heavy atom. The van der Waals surface area contributed by atoms with Crippen LogP contribution in [0.25, 0.3) is 5.57 Å². The molecule has 0 N–H and O–H groups in total. The summed E-state index contributed by atoms with van der Waals surface area (Å²) in [7, 11) is 0. The normalized spacial score (nSPS) is 23.5. The maximum atomic E-state index is 5.91. The minimum Gasteiger partial charge on any atom is -0.378 e. The first kappa shape index (κ1) is 17.9. The smallest absolute Gasteiger partial charge is 0.171 e. The Kier molecular flexibility index (Phi) is 5.49. The van der Waals surface area contributed by atoms with E-state index in [1.807, 2.05) is 24.5 Å². The predicted octanol–water partition coefficient (Wildman–Crippen LogP) is 1.92. The highest BCUT2D eigenvalue weighted by Crippen LogP contribution is 2.32. The van der Waals surface area contributed by atoms with Crippen molar-refractivity contribution in [2.45, 2.75) is 18.6 Å². The van der Waals surface area contributed by atoms with E-state index in [2.05, 4.69) is 21.0 Å². The van der Waals surface area contributed by atoms with Crippen molar-refractivity contribution in [2.75, 3.05) is 52.6 Å². The number of ether oxygens (including phenoxy) is 3. The van der Waals surface area contributed by atoms with E-state index in [1.165, 1.54) is 0 Å². The van der Waals surface area contributed by atoms with Gasteiger partial charge in [0.2, 0.25) is 0 Å². The Balaban J connectivity index is 1.51. The summed E-state index contributed by atoms with van der Waals surface area (Å²) >= 11 is 5.91. The highest BCUT2D eigenvalue weighted by atomic mass is 32.1. The predicted molar refractivity (Wildman–Crippen MR) is 103 cm³/mol. The van der Waals surface area contributed by atoms with Gasteiger partial charge in [-0.15, -0.1) is 0 Å². The van der Waals surface area contributed by atoms with Gasteiger partial charge in [0.15, 0.2) is 5.79 Å². The van der Waals surface area contributed by atoms with Gasteiger partial charge in [-0.2, -0.15) is 0 Å². The molecule has 0 amide bonds. The molecule has 4 rings (SSSR count). The van der Waals surface area contributed by atoms with Crippen LogP contribution in [0.5, 0.6) is 0 Å². The van der Waals surface area contributed by atoms with E-state index in [4.69, 9.17) is 26.4 Å². The van der Waals surface area contributed by atoms with Gasteiger partial charge in [0.05, 0.1) is 26.4 Å². The molecule has 3 fully saturated rings. The van der Waals surface area contributed by atoms with Crippen molar-refractivity contribution in [3.63, 3.8) is 0 Å². The molecule has 0 radical (unpaired) electrons. The third-order valence-electron chi connectivity index (χ3n) is 5.21. The van der Waals surface area contributed by atoms with Crippen molar-refractivity contribution >= 4 is 22.8 Å². The number of hydrogen-bond acceptors (Lipinski definition) is 6. The molecule has 26 heavy (non-hydrogen) atoms. The largest absolute Gasteiger partial charge is 0.378 e. The first-order valence-corrected chi connectivity index (χ1v) is 9.68. The Hall–Kier alpha value is -1.54. The summed E-state index contributed by atoms with van der Waals surface area (Å²) in [4.78, 5) is 9.60. The van der Waals surface area contributed by atoms with Crippen LogP contribution in [-0.4, -0.2) is 78.2 Å². The quantitative estimate of drug-likeness (QED) is 0.591. The summed E-state index contributed by atoms with van der Waals surface area (Å²) in [6.07, 6.45) is 7.53. The van der Waals surface area contributed by atoms with Gasteiger partial charge in [0.1, 0.15) is 4.99 Å². The topological polar surface area (TPSA) is 47.1 Å². The fourth-order valence-electron chi connectivity index (χ4n) is 3.68. The number of hydrogen-bond donors (Lipinski definition) is 0. The maximum absolute atomic E-state index is 5.91. The van der Waals surface area contributed by atoms with Crippen molar-refractivity contribution in [1.29, 1.82) is 0 Å². The van der Waals surface area contributed by atoms with E-state index in [-0.39, 0.29) is 5.79 Å². The number of aromatic nitrogens is 1. The fraction of sp³-hybridized carbons (Fsp3) is 0.579. The zero-order valence-electron chi connectivity index (χ0n) is 14.9. The zero-order valence-corrected chi connectivity index (χ0v) is 15.7. The molecule has 0 atom stereocenters. The van der Waals surface area contributed by atoms with Crippen LogP contribution < -0.4 is 0 Å². The Morgan fingerprint density at radius 2 is 1.65 bits per heavy atom. The summed E-state index contributed by atoms with van der Waals surface area (Å²) in [5.41, 5.74) is 2.18. The Bertz CT molecular complexity index is 645. The molecule has 1 spiro atoms. The van der Waals surface area contributed by atoms with Gasteiger partial charge < -0.3 is 24.0 Å². The summed E-state index contributed by atoms with van der Waals surface area (Å²) in [5, 5.41) is 0. The lowest BCUT2D eigenvalue weighted by Crippen LogP contribution is -2.47. The van der Waals surface area contributed by atoms with Crippen molar-refractivity contribution in [2.24, 2.45) is 0 Å². The van der Waals surface area contributed by atoms with Gasteiger partial charge in [-0.25, -0.2) is 0 Å². The van der Waals surface area contributed by atoms with Gasteiger partial charge in [0.25, 0.3) is 0 Å². The number of nitrogens with zero attached hydrogens (tertiary/aromatic N) is 3. The van der Waals surface area contributed by atoms with Gasteiger partial charge >= 0.3 is 0 Å². The lowest BCUT2D eigenvalue weighted by Gasteiger charge is -2.39. The minimum absolute atomic E-state index is 0.378. The van der Waals surface area contributed by atoms with Crippen LogP contribution in [0.1, 0.15) is 18.4 Å². The first-order valence-electron chi connectivity index (χ1n) is 9.27. The van der Waals surface area contributed by atoms with E-state index in [9.17, 15) is 0 Å². The van der Waals surface area contributed by atoms with E-state index in [0.29, 0.717) is 13.2 Å². The van der Waals surface area contributed by atoms with Crippen LogP contribution in [0.2, 0.25) is 0 Å². The number of thiocarbonyl (C=S) groups is 1. The lowest BCUT2D eigenvalue weighted by atomic mass is 10.0. The van der Waals surface area contributed by atoms with Gasteiger partial charge in [-0.1, -0.05) is 12.2 Å². The third kappa shape index (κ3) is 3.91. The minimum atomic E-state index is -0.378. The average Bonchev–Trinajstić information content (AvgIpc) is 3.16. The lowest BCUT2D eigenvalue weighted by molar-refractivity contribution is -0.180. The molecule has 3 aliphatic heterocycles. The molecule has 0 bridgehead atoms. The highest BCUT2D eigenvalue weighted by Gasteiger charge is 2.40. The molecule has 3 aliphatic rings. The molecule has 6 nitrogen and oxygen atoms in total. The molecule has 140 valence electrons. The molecular weight excluding hydrogens is 350 g/mol. The molecule has 0 aliphatic carbocycles. The SMILES string of the molecule is S=C(C(=CN1CCOCC1)c1ccncc1)N1CCC2(CC1)OCCO2. The van der Waals surface area contributed by atoms with Crippen LogP contribution in [0, 0.1) is 0 Å². The van der Waals surface area contributed by atoms with Gasteiger partial charge in [-0.05, 0) is 17.7 Å². The number of rotatable bonds is 3. The van der Waals surface area contributed by atoms with E-state index >= 15 is 0 Å². The molecule has 0 aromatic carbocycles. The van der Waals surface area contributed by atoms with Gasteiger partial charge in [0, 0.05) is 63.2 Å². The number of morpholine rings is 1. The average molecular weight is 375 g/mol. The molecule has 7 heteroatoms. The second kappa shape index (κ2) is 8.00. The monoisotopic (exact) mass is 375 g/mol. The molecular formula is C19H25N3O3S. The van der Waals surface area contributed by atoms with Crippen molar-refractivity contribution < 1.29 is 14.2 Å². The number of likely N-dealkylation sites (tertiary alicyclic amines) is 1. The van der Waals surface area contributed by atoms with Crippen molar-refractivity contribution in [3.8, 4) is 0 Å². The zero-order chi connectivity index (χ0) is 17.8. The molecule has 3 saturated heterocycles. The molecule has 0 saturated carbocycles. The van der Waals surface area contributed by atoms with Crippen molar-refractivity contribution in [1.82, 2.24) is 14.8 Å². The molecule has 1 aromatic rings. The highest BCUT2D eigenvalue weighted by molar-refractivity contribution is 7.81. The fourth-order valence-corrected chi connectivity index (χ4v) is 4.03. The number of pyridine rings is 1. The maximum Gasteiger partial charge on any atom is 0.171 e. The van der Waals surface area contributed by atoms with Crippen LogP contribution in [0.4, 0.5) is 0 Å². The second-order valence-corrected chi connectivity index (χ2v) is 7.21. The molecule has 0 unspecified atom stereocenters. The summed E-state index contributed by atoms with van der Waals surface area (Å²) in [5.74, 6) is -0.378. The third-order valence-corrected chi connectivity index (χ3v) is 5.68. The van der Waals surface area contributed by atoms with Crippen molar-refractivity contribution in [3.05, 3.63) is 36.3 Å². The molecule has 4 heterocycles. The van der Waals surface area contributed by atoms with E-state index in [1.54, 1.807) is 0 Å². The van der Waals surface area contributed by atoms with Crippen LogP contribution in [0.15, 0.2) is 30.7 Å². The Morgan fingerprint density at radius 1 is 1.00 bits per heavy atom.